The van der Waals surface area contributed by atoms with Crippen LogP contribution in [0.2, 0.25) is 0 Å². The summed E-state index contributed by atoms with van der Waals surface area (Å²) in [6, 6.07) is 19.6. The first-order chi connectivity index (χ1) is 19.8. The molecule has 0 aliphatic carbocycles. The number of benzene rings is 1. The minimum Gasteiger partial charge on any atom is -0.353 e. The number of pyridine rings is 2. The Morgan fingerprint density at radius 2 is 1.28 bits per heavy atom. The van der Waals surface area contributed by atoms with Gasteiger partial charge in [0.05, 0.1) is 28.5 Å². The van der Waals surface area contributed by atoms with E-state index in [1.54, 1.807) is 0 Å². The van der Waals surface area contributed by atoms with Crippen molar-refractivity contribution >= 4 is 11.3 Å². The Balaban J connectivity index is 1.94. The van der Waals surface area contributed by atoms with Gasteiger partial charge in [0.1, 0.15) is 11.6 Å². The first-order valence-electron chi connectivity index (χ1n) is 15.2. The average molecular weight is 573 g/mol. The van der Waals surface area contributed by atoms with Gasteiger partial charge in [0.15, 0.2) is 0 Å². The Hall–Kier alpha value is -3.97. The average Bonchev–Trinajstić information content (AvgIpc) is 2.91. The number of nitriles is 1. The van der Waals surface area contributed by atoms with Crippen LogP contribution in [0.15, 0.2) is 78.1 Å². The molecule has 224 valence electrons. The summed E-state index contributed by atoms with van der Waals surface area (Å²) in [4.78, 5) is 9.87. The standard InChI is InChI=1S/C39H48N4/c1-36(2,3)26-15-13-14-25(18-26)31-20-28(38(7,8)9)21-32(42-31)30(24-40)33-22-29(39(10,11)12)23-35(43-33)34-19-27(16-17-41-34)37(4,5)6/h13-23,43H,1-12H3. The minimum absolute atomic E-state index is 0.00982. The predicted molar refractivity (Wildman–Crippen MR) is 181 cm³/mol. The van der Waals surface area contributed by atoms with Crippen molar-refractivity contribution in [1.82, 2.24) is 15.3 Å². The number of hydrogen-bond acceptors (Lipinski definition) is 4. The molecule has 3 heterocycles. The minimum atomic E-state index is -0.139. The Bertz CT molecular complexity index is 1660. The molecule has 4 rings (SSSR count). The summed E-state index contributed by atoms with van der Waals surface area (Å²) < 4.78 is 0. The van der Waals surface area contributed by atoms with Crippen LogP contribution < -0.4 is 5.32 Å². The predicted octanol–water partition coefficient (Wildman–Crippen LogP) is 9.89. The fraction of sp³-hybridized carbons (Fsp3) is 0.410. The van der Waals surface area contributed by atoms with Crippen LogP contribution in [-0.2, 0) is 16.2 Å². The lowest BCUT2D eigenvalue weighted by molar-refractivity contribution is 0.515. The Morgan fingerprint density at radius 1 is 0.674 bits per heavy atom. The highest BCUT2D eigenvalue weighted by atomic mass is 14.9. The van der Waals surface area contributed by atoms with E-state index in [1.807, 2.05) is 6.20 Å². The number of rotatable bonds is 3. The van der Waals surface area contributed by atoms with Crippen molar-refractivity contribution in [2.45, 2.75) is 99.3 Å². The van der Waals surface area contributed by atoms with E-state index in [9.17, 15) is 5.26 Å². The van der Waals surface area contributed by atoms with Crippen LogP contribution in [0.1, 0.15) is 111 Å². The number of hydrogen-bond donors (Lipinski definition) is 1. The smallest absolute Gasteiger partial charge is 0.104 e. The molecular formula is C39H48N4. The molecule has 43 heavy (non-hydrogen) atoms. The Morgan fingerprint density at radius 3 is 1.86 bits per heavy atom. The van der Waals surface area contributed by atoms with E-state index in [0.29, 0.717) is 11.3 Å². The van der Waals surface area contributed by atoms with E-state index in [1.165, 1.54) is 11.1 Å². The molecule has 0 amide bonds. The van der Waals surface area contributed by atoms with Gasteiger partial charge in [0.2, 0.25) is 0 Å². The molecule has 4 heteroatoms. The summed E-state index contributed by atoms with van der Waals surface area (Å²) in [6.45, 7) is 26.5. The van der Waals surface area contributed by atoms with Gasteiger partial charge in [-0.15, -0.1) is 0 Å². The number of allylic oxidation sites excluding steroid dienone is 4. The normalized spacial score (nSPS) is 15.7. The second-order valence-corrected chi connectivity index (χ2v) is 15.8. The molecule has 1 N–H and O–H groups in total. The molecule has 0 saturated carbocycles. The molecule has 0 saturated heterocycles. The largest absolute Gasteiger partial charge is 0.353 e. The van der Waals surface area contributed by atoms with Crippen molar-refractivity contribution in [2.75, 3.05) is 0 Å². The molecule has 0 spiro atoms. The maximum atomic E-state index is 10.7. The third kappa shape index (κ3) is 7.34. The lowest BCUT2D eigenvalue weighted by Crippen LogP contribution is -2.22. The van der Waals surface area contributed by atoms with Crippen molar-refractivity contribution < 1.29 is 0 Å². The summed E-state index contributed by atoms with van der Waals surface area (Å²) in [5.74, 6) is 0. The molecule has 2 aromatic heterocycles. The Labute approximate surface area is 259 Å². The summed E-state index contributed by atoms with van der Waals surface area (Å²) in [5, 5.41) is 14.3. The quantitative estimate of drug-likeness (QED) is 0.317. The highest BCUT2D eigenvalue weighted by molar-refractivity contribution is 5.84. The lowest BCUT2D eigenvalue weighted by atomic mass is 9.82. The maximum absolute atomic E-state index is 10.7. The molecule has 0 bridgehead atoms. The van der Waals surface area contributed by atoms with Crippen molar-refractivity contribution in [3.8, 4) is 17.3 Å². The summed E-state index contributed by atoms with van der Waals surface area (Å²) in [7, 11) is 0. The monoisotopic (exact) mass is 572 g/mol. The first-order valence-corrected chi connectivity index (χ1v) is 15.2. The van der Waals surface area contributed by atoms with Crippen molar-refractivity contribution in [3.63, 3.8) is 0 Å². The summed E-state index contributed by atoms with van der Waals surface area (Å²) in [5.41, 5.74) is 10.0. The van der Waals surface area contributed by atoms with Crippen LogP contribution in [0.4, 0.5) is 0 Å². The third-order valence-electron chi connectivity index (χ3n) is 7.99. The molecule has 0 radical (unpaired) electrons. The van der Waals surface area contributed by atoms with Crippen LogP contribution in [-0.4, -0.2) is 9.97 Å². The Kier molecular flexibility index (Phi) is 8.37. The fourth-order valence-corrected chi connectivity index (χ4v) is 4.96. The SMILES string of the molecule is CC(C)(C)C1=CC(=C(C#N)c2cc(C(C)(C)C)cc(-c3cccc(C(C)(C)C)c3)n2)NC(c2cc(C(C)(C)C)ccn2)=C1. The zero-order valence-electron chi connectivity index (χ0n) is 28.2. The second-order valence-electron chi connectivity index (χ2n) is 15.8. The van der Waals surface area contributed by atoms with Crippen molar-refractivity contribution in [1.29, 1.82) is 5.26 Å². The van der Waals surface area contributed by atoms with Gasteiger partial charge < -0.3 is 5.32 Å². The fourth-order valence-electron chi connectivity index (χ4n) is 4.96. The van der Waals surface area contributed by atoms with Gasteiger partial charge in [-0.1, -0.05) is 101 Å². The lowest BCUT2D eigenvalue weighted by Gasteiger charge is -2.28. The molecule has 1 aromatic carbocycles. The van der Waals surface area contributed by atoms with Crippen LogP contribution in [0.3, 0.4) is 0 Å². The van der Waals surface area contributed by atoms with Crippen LogP contribution >= 0.6 is 0 Å². The van der Waals surface area contributed by atoms with Gasteiger partial charge in [-0.3, -0.25) is 4.98 Å². The molecular weight excluding hydrogens is 524 g/mol. The molecule has 3 aromatic rings. The first kappa shape index (κ1) is 32.0. The van der Waals surface area contributed by atoms with E-state index < -0.39 is 0 Å². The zero-order chi connectivity index (χ0) is 32.0. The van der Waals surface area contributed by atoms with Gasteiger partial charge in [0.25, 0.3) is 0 Å². The third-order valence-corrected chi connectivity index (χ3v) is 7.99. The molecule has 0 unspecified atom stereocenters. The molecule has 4 nitrogen and oxygen atoms in total. The van der Waals surface area contributed by atoms with Gasteiger partial charge >= 0.3 is 0 Å². The van der Waals surface area contributed by atoms with E-state index in [2.05, 4.69) is 155 Å². The van der Waals surface area contributed by atoms with Gasteiger partial charge in [-0.2, -0.15) is 5.26 Å². The van der Waals surface area contributed by atoms with Gasteiger partial charge in [-0.05, 0) is 86.4 Å². The van der Waals surface area contributed by atoms with Gasteiger partial charge in [-0.25, -0.2) is 4.98 Å². The topological polar surface area (TPSA) is 61.6 Å². The van der Waals surface area contributed by atoms with Crippen LogP contribution in [0, 0.1) is 16.7 Å². The number of dihydropyridines is 1. The van der Waals surface area contributed by atoms with E-state index in [0.717, 1.165) is 39.5 Å². The maximum Gasteiger partial charge on any atom is 0.104 e. The van der Waals surface area contributed by atoms with Crippen molar-refractivity contribution in [3.05, 3.63) is 106 Å². The summed E-state index contributed by atoms with van der Waals surface area (Å²) in [6.07, 6.45) is 6.13. The number of nitrogens with zero attached hydrogens (tertiary/aromatic N) is 3. The molecule has 0 fully saturated rings. The summed E-state index contributed by atoms with van der Waals surface area (Å²) >= 11 is 0. The highest BCUT2D eigenvalue weighted by Crippen LogP contribution is 2.37. The molecule has 0 atom stereocenters. The zero-order valence-corrected chi connectivity index (χ0v) is 28.2. The molecule has 1 aliphatic heterocycles. The number of nitrogens with one attached hydrogen (secondary N) is 1. The second kappa shape index (κ2) is 11.3. The van der Waals surface area contributed by atoms with Crippen LogP contribution in [0.5, 0.6) is 0 Å². The van der Waals surface area contributed by atoms with E-state index in [4.69, 9.17) is 9.97 Å². The van der Waals surface area contributed by atoms with E-state index in [-0.39, 0.29) is 21.7 Å². The van der Waals surface area contributed by atoms with Crippen molar-refractivity contribution in [2.24, 2.45) is 5.41 Å². The van der Waals surface area contributed by atoms with E-state index >= 15 is 0 Å². The highest BCUT2D eigenvalue weighted by Gasteiger charge is 2.26. The van der Waals surface area contributed by atoms with Gasteiger partial charge in [0, 0.05) is 11.8 Å². The molecule has 1 aliphatic rings. The number of aromatic nitrogens is 2. The van der Waals surface area contributed by atoms with Crippen LogP contribution in [0.25, 0.3) is 22.5 Å².